The first-order chi connectivity index (χ1) is 18.5. The molecule has 0 bridgehead atoms. The van der Waals surface area contributed by atoms with Crippen molar-refractivity contribution in [1.29, 1.82) is 0 Å². The molecule has 0 aliphatic carbocycles. The molecular weight excluding hydrogens is 485 g/mol. The number of hydrogen-bond acceptors (Lipinski definition) is 2. The van der Waals surface area contributed by atoms with Crippen molar-refractivity contribution >= 4 is 0 Å². The van der Waals surface area contributed by atoms with Crippen LogP contribution in [-0.2, 0) is 15.9 Å². The number of benzene rings is 3. The van der Waals surface area contributed by atoms with Gasteiger partial charge in [0.1, 0.15) is 5.82 Å². The van der Waals surface area contributed by atoms with Crippen LogP contribution in [0.3, 0.4) is 0 Å². The molecule has 202 valence electrons. The molecule has 0 aromatic heterocycles. The van der Waals surface area contributed by atoms with E-state index in [1.165, 1.54) is 31.7 Å². The Labute approximate surface area is 224 Å². The summed E-state index contributed by atoms with van der Waals surface area (Å²) in [5.41, 5.74) is 2.84. The summed E-state index contributed by atoms with van der Waals surface area (Å²) >= 11 is 0. The van der Waals surface area contributed by atoms with E-state index in [0.29, 0.717) is 47.5 Å². The maximum Gasteiger partial charge on any atom is 0.183 e. The van der Waals surface area contributed by atoms with Gasteiger partial charge in [-0.25, -0.2) is 13.2 Å². The second kappa shape index (κ2) is 13.8. The smallest absolute Gasteiger partial charge is 0.183 e. The molecule has 0 unspecified atom stereocenters. The van der Waals surface area contributed by atoms with Gasteiger partial charge < -0.3 is 9.47 Å². The molecule has 0 radical (unpaired) electrons. The third kappa shape index (κ3) is 6.95. The number of aryl methyl sites for hydroxylation is 1. The van der Waals surface area contributed by atoms with Crippen LogP contribution >= 0.6 is 0 Å². The Morgan fingerprint density at radius 2 is 1.37 bits per heavy atom. The van der Waals surface area contributed by atoms with E-state index in [0.717, 1.165) is 19.3 Å². The minimum Gasteiger partial charge on any atom is -0.348 e. The van der Waals surface area contributed by atoms with Gasteiger partial charge in [-0.15, -0.1) is 6.58 Å². The summed E-state index contributed by atoms with van der Waals surface area (Å²) < 4.78 is 56.1. The van der Waals surface area contributed by atoms with E-state index < -0.39 is 23.7 Å². The van der Waals surface area contributed by atoms with E-state index in [2.05, 4.69) is 13.5 Å². The maximum absolute atomic E-state index is 15.0. The fourth-order valence-electron chi connectivity index (χ4n) is 4.87. The van der Waals surface area contributed by atoms with Crippen LogP contribution in [0.5, 0.6) is 0 Å². The molecular formula is C33H37F3O2. The summed E-state index contributed by atoms with van der Waals surface area (Å²) in [6.45, 7) is 6.90. The summed E-state index contributed by atoms with van der Waals surface area (Å²) in [5.74, 6) is -1.88. The average Bonchev–Trinajstić information content (AvgIpc) is 2.95. The molecule has 0 amide bonds. The van der Waals surface area contributed by atoms with E-state index in [1.807, 2.05) is 0 Å². The highest BCUT2D eigenvalue weighted by atomic mass is 19.2. The average molecular weight is 523 g/mol. The van der Waals surface area contributed by atoms with Crippen molar-refractivity contribution in [3.63, 3.8) is 0 Å². The minimum absolute atomic E-state index is 0.133. The van der Waals surface area contributed by atoms with Crippen molar-refractivity contribution in [1.82, 2.24) is 0 Å². The van der Waals surface area contributed by atoms with Crippen LogP contribution in [0.1, 0.15) is 69.3 Å². The molecule has 38 heavy (non-hydrogen) atoms. The van der Waals surface area contributed by atoms with Crippen LogP contribution < -0.4 is 0 Å². The number of rotatable bonds is 12. The lowest BCUT2D eigenvalue weighted by atomic mass is 9.96. The van der Waals surface area contributed by atoms with Gasteiger partial charge in [-0.1, -0.05) is 100 Å². The summed E-state index contributed by atoms with van der Waals surface area (Å²) in [7, 11) is 0. The number of halogens is 3. The monoisotopic (exact) mass is 522 g/mol. The van der Waals surface area contributed by atoms with Crippen LogP contribution in [0.4, 0.5) is 13.2 Å². The molecule has 1 aliphatic rings. The van der Waals surface area contributed by atoms with Gasteiger partial charge >= 0.3 is 0 Å². The van der Waals surface area contributed by atoms with Gasteiger partial charge in [0.2, 0.25) is 0 Å². The van der Waals surface area contributed by atoms with Gasteiger partial charge in [-0.3, -0.25) is 0 Å². The molecule has 3 aromatic carbocycles. The quantitative estimate of drug-likeness (QED) is 0.174. The van der Waals surface area contributed by atoms with Crippen LogP contribution in [0, 0.1) is 23.4 Å². The molecule has 5 heteroatoms. The third-order valence-corrected chi connectivity index (χ3v) is 7.24. The molecule has 1 aliphatic heterocycles. The largest absolute Gasteiger partial charge is 0.348 e. The van der Waals surface area contributed by atoms with Crippen LogP contribution in [0.15, 0.2) is 67.3 Å². The molecule has 0 saturated carbocycles. The summed E-state index contributed by atoms with van der Waals surface area (Å²) in [6, 6.07) is 15.0. The number of ether oxygens (including phenoxy) is 2. The fourth-order valence-corrected chi connectivity index (χ4v) is 4.87. The Morgan fingerprint density at radius 3 is 2.00 bits per heavy atom. The standard InChI is InChI=1S/C33H37F3O2/c1-3-5-6-7-8-9-10-11-26-16-19-29(32(36)31(26)35)25-14-12-24(13-15-25)28-18-17-27(20-30(28)34)33-37-21-23(4-2)22-38-33/h4,12-20,23,33H,2-3,5-11,21-22H2,1H3. The van der Waals surface area contributed by atoms with Crippen molar-refractivity contribution in [2.45, 2.75) is 64.6 Å². The SMILES string of the molecule is C=CC1COC(c2ccc(-c3ccc(-c4ccc(CCCCCCCCC)c(F)c4F)cc3)c(F)c2)OC1. The molecule has 4 rings (SSSR count). The molecule has 0 N–H and O–H groups in total. The number of unbranched alkanes of at least 4 members (excludes halogenated alkanes) is 6. The first-order valence-electron chi connectivity index (χ1n) is 13.7. The normalized spacial score (nSPS) is 17.5. The topological polar surface area (TPSA) is 18.5 Å². The summed E-state index contributed by atoms with van der Waals surface area (Å²) in [6.07, 6.45) is 9.65. The van der Waals surface area contributed by atoms with Gasteiger partial charge in [-0.05, 0) is 35.6 Å². The summed E-state index contributed by atoms with van der Waals surface area (Å²) in [5, 5.41) is 0. The van der Waals surface area contributed by atoms with E-state index in [9.17, 15) is 13.2 Å². The van der Waals surface area contributed by atoms with Crippen molar-refractivity contribution in [2.24, 2.45) is 5.92 Å². The lowest BCUT2D eigenvalue weighted by Gasteiger charge is -2.28. The lowest BCUT2D eigenvalue weighted by Crippen LogP contribution is -2.25. The fraction of sp³-hybridized carbons (Fsp3) is 0.394. The number of hydrogen-bond donors (Lipinski definition) is 0. The third-order valence-electron chi connectivity index (χ3n) is 7.24. The predicted molar refractivity (Wildman–Crippen MR) is 147 cm³/mol. The second-order valence-corrected chi connectivity index (χ2v) is 10.1. The molecule has 0 atom stereocenters. The van der Waals surface area contributed by atoms with Gasteiger partial charge in [0.15, 0.2) is 17.9 Å². The Kier molecular flexibility index (Phi) is 10.2. The molecule has 1 fully saturated rings. The first kappa shape index (κ1) is 28.1. The van der Waals surface area contributed by atoms with Crippen LogP contribution in [-0.4, -0.2) is 13.2 Å². The van der Waals surface area contributed by atoms with Crippen LogP contribution in [0.2, 0.25) is 0 Å². The molecule has 2 nitrogen and oxygen atoms in total. The molecule has 1 heterocycles. The Hall–Kier alpha value is -2.89. The highest BCUT2D eigenvalue weighted by molar-refractivity contribution is 5.71. The molecule has 1 saturated heterocycles. The van der Waals surface area contributed by atoms with Crippen molar-refractivity contribution in [3.05, 3.63) is 95.8 Å². The zero-order chi connectivity index (χ0) is 26.9. The van der Waals surface area contributed by atoms with E-state index in [4.69, 9.17) is 9.47 Å². The Bertz CT molecular complexity index is 1200. The lowest BCUT2D eigenvalue weighted by molar-refractivity contribution is -0.197. The zero-order valence-electron chi connectivity index (χ0n) is 22.2. The maximum atomic E-state index is 15.0. The van der Waals surface area contributed by atoms with Gasteiger partial charge in [0.05, 0.1) is 13.2 Å². The highest BCUT2D eigenvalue weighted by Gasteiger charge is 2.23. The molecule has 0 spiro atoms. The van der Waals surface area contributed by atoms with Crippen molar-refractivity contribution in [2.75, 3.05) is 13.2 Å². The van der Waals surface area contributed by atoms with E-state index in [1.54, 1.807) is 54.6 Å². The molecule has 3 aromatic rings. The van der Waals surface area contributed by atoms with Crippen molar-refractivity contribution < 1.29 is 22.6 Å². The Balaban J connectivity index is 1.39. The van der Waals surface area contributed by atoms with Gasteiger partial charge in [0, 0.05) is 22.6 Å². The van der Waals surface area contributed by atoms with Crippen molar-refractivity contribution in [3.8, 4) is 22.3 Å². The van der Waals surface area contributed by atoms with Gasteiger partial charge in [-0.2, -0.15) is 0 Å². The second-order valence-electron chi connectivity index (χ2n) is 10.1. The van der Waals surface area contributed by atoms with E-state index in [-0.39, 0.29) is 11.5 Å². The first-order valence-corrected chi connectivity index (χ1v) is 13.7. The minimum atomic E-state index is -0.833. The van der Waals surface area contributed by atoms with Crippen LogP contribution in [0.25, 0.3) is 22.3 Å². The highest BCUT2D eigenvalue weighted by Crippen LogP contribution is 2.32. The Morgan fingerprint density at radius 1 is 0.763 bits per heavy atom. The zero-order valence-corrected chi connectivity index (χ0v) is 22.2. The van der Waals surface area contributed by atoms with E-state index >= 15 is 0 Å². The predicted octanol–water partition coefficient (Wildman–Crippen LogP) is 9.58. The van der Waals surface area contributed by atoms with Gasteiger partial charge in [0.25, 0.3) is 0 Å². The summed E-state index contributed by atoms with van der Waals surface area (Å²) in [4.78, 5) is 0.